The van der Waals surface area contributed by atoms with Gasteiger partial charge in [-0.15, -0.1) is 0 Å². The number of carboxylic acid groups (broad SMARTS) is 1. The molecule has 0 saturated carbocycles. The number of phenols is 1. The molecule has 8 nitrogen and oxygen atoms in total. The Labute approximate surface area is 234 Å². The highest BCUT2D eigenvalue weighted by atomic mass is 16.4. The Hall–Kier alpha value is -5.50. The maximum absolute atomic E-state index is 13.5. The number of H-pyrrole nitrogens is 1. The first-order valence-electron chi connectivity index (χ1n) is 12.9. The van der Waals surface area contributed by atoms with E-state index >= 15 is 0 Å². The van der Waals surface area contributed by atoms with E-state index in [4.69, 9.17) is 0 Å². The number of ketones is 1. The van der Waals surface area contributed by atoms with E-state index in [1.54, 1.807) is 36.4 Å². The number of aromatic carboxylic acids is 1. The zero-order chi connectivity index (χ0) is 28.9. The summed E-state index contributed by atoms with van der Waals surface area (Å²) in [5.41, 5.74) is 3.02. The van der Waals surface area contributed by atoms with Crippen molar-refractivity contribution in [1.82, 2.24) is 10.3 Å². The van der Waals surface area contributed by atoms with Gasteiger partial charge in [-0.05, 0) is 65.1 Å². The van der Waals surface area contributed by atoms with Crippen LogP contribution in [-0.4, -0.2) is 38.9 Å². The minimum atomic E-state index is -1.34. The number of pyridine rings is 1. The zero-order valence-corrected chi connectivity index (χ0v) is 21.8. The maximum atomic E-state index is 13.5. The first-order valence-corrected chi connectivity index (χ1v) is 12.9. The lowest BCUT2D eigenvalue weighted by Gasteiger charge is -2.19. The highest BCUT2D eigenvalue weighted by Crippen LogP contribution is 2.20. The van der Waals surface area contributed by atoms with E-state index in [9.17, 15) is 29.4 Å². The molecular formula is C33H26N2O6. The summed E-state index contributed by atoms with van der Waals surface area (Å²) >= 11 is 0. The normalized spacial score (nSPS) is 11.6. The molecule has 204 valence electrons. The van der Waals surface area contributed by atoms with Crippen LogP contribution in [0.1, 0.15) is 31.8 Å². The summed E-state index contributed by atoms with van der Waals surface area (Å²) in [5, 5.41) is 22.0. The van der Waals surface area contributed by atoms with Crippen LogP contribution < -0.4 is 10.7 Å². The van der Waals surface area contributed by atoms with Crippen LogP contribution in [0.5, 0.6) is 5.75 Å². The molecule has 0 fully saturated rings. The van der Waals surface area contributed by atoms with Gasteiger partial charge in [0.25, 0.3) is 5.91 Å². The van der Waals surface area contributed by atoms with Gasteiger partial charge in [0.05, 0.1) is 6.04 Å². The first kappa shape index (κ1) is 27.1. The van der Waals surface area contributed by atoms with Crippen molar-refractivity contribution in [2.45, 2.75) is 18.9 Å². The number of aromatic hydroxyl groups is 1. The molecule has 0 bridgehead atoms. The van der Waals surface area contributed by atoms with E-state index in [2.05, 4.69) is 10.3 Å². The number of carbonyl (C=O) groups is 3. The SMILES string of the molecule is O=C(N[C@@H](Cc1ccc(O)cc1)C(=O)Cc1ccc2[nH]cc(C(=O)O)c(=O)c2c1)c1ccc(-c2ccccc2)cc1. The van der Waals surface area contributed by atoms with E-state index in [0.29, 0.717) is 16.6 Å². The molecule has 5 aromatic rings. The van der Waals surface area contributed by atoms with Crippen molar-refractivity contribution < 1.29 is 24.6 Å². The number of rotatable bonds is 9. The molecule has 0 saturated heterocycles. The van der Waals surface area contributed by atoms with Crippen LogP contribution >= 0.6 is 0 Å². The maximum Gasteiger partial charge on any atom is 0.341 e. The van der Waals surface area contributed by atoms with E-state index < -0.39 is 28.9 Å². The van der Waals surface area contributed by atoms with Gasteiger partial charge >= 0.3 is 5.97 Å². The highest BCUT2D eigenvalue weighted by molar-refractivity contribution is 5.99. The molecule has 0 aliphatic carbocycles. The molecule has 41 heavy (non-hydrogen) atoms. The summed E-state index contributed by atoms with van der Waals surface area (Å²) in [6.45, 7) is 0. The topological polar surface area (TPSA) is 137 Å². The molecule has 5 rings (SSSR count). The minimum absolute atomic E-state index is 0.0845. The number of carbonyl (C=O) groups excluding carboxylic acids is 2. The molecule has 4 aromatic carbocycles. The predicted octanol–water partition coefficient (Wildman–Crippen LogP) is 4.75. The lowest BCUT2D eigenvalue weighted by atomic mass is 9.96. The number of fused-ring (bicyclic) bond motifs is 1. The van der Waals surface area contributed by atoms with Gasteiger partial charge in [0.2, 0.25) is 5.43 Å². The molecule has 0 radical (unpaired) electrons. The Morgan fingerprint density at radius 1 is 0.805 bits per heavy atom. The van der Waals surface area contributed by atoms with Gasteiger partial charge in [-0.3, -0.25) is 14.4 Å². The van der Waals surface area contributed by atoms with Crippen LogP contribution in [0.25, 0.3) is 22.0 Å². The lowest BCUT2D eigenvalue weighted by Crippen LogP contribution is -2.43. The summed E-state index contributed by atoms with van der Waals surface area (Å²) in [6.07, 6.45) is 1.24. The Morgan fingerprint density at radius 2 is 1.46 bits per heavy atom. The lowest BCUT2D eigenvalue weighted by molar-refractivity contribution is -0.120. The summed E-state index contributed by atoms with van der Waals surface area (Å²) in [4.78, 5) is 53.6. The highest BCUT2D eigenvalue weighted by Gasteiger charge is 2.23. The number of benzene rings is 4. The molecule has 1 atom stereocenters. The van der Waals surface area contributed by atoms with E-state index in [0.717, 1.165) is 22.9 Å². The van der Waals surface area contributed by atoms with Crippen LogP contribution in [0.15, 0.2) is 108 Å². The second-order valence-electron chi connectivity index (χ2n) is 9.70. The number of hydrogen-bond donors (Lipinski definition) is 4. The average Bonchev–Trinajstić information content (AvgIpc) is 2.98. The van der Waals surface area contributed by atoms with Crippen molar-refractivity contribution in [3.63, 3.8) is 0 Å². The van der Waals surface area contributed by atoms with Crippen LogP contribution in [0.4, 0.5) is 0 Å². The number of hydrogen-bond acceptors (Lipinski definition) is 5. The smallest absolute Gasteiger partial charge is 0.341 e. The summed E-state index contributed by atoms with van der Waals surface area (Å²) in [5.74, 6) is -1.97. The molecular weight excluding hydrogens is 520 g/mol. The zero-order valence-electron chi connectivity index (χ0n) is 21.8. The van der Waals surface area contributed by atoms with Gasteiger partial charge in [0.15, 0.2) is 5.78 Å². The molecule has 1 heterocycles. The third-order valence-electron chi connectivity index (χ3n) is 6.88. The van der Waals surface area contributed by atoms with Crippen molar-refractivity contribution in [2.75, 3.05) is 0 Å². The van der Waals surface area contributed by atoms with Crippen molar-refractivity contribution in [2.24, 2.45) is 0 Å². The standard InChI is InChI=1S/C33H26N2O6/c36-25-13-6-20(7-14-25)17-29(35-32(39)24-11-9-23(10-12-24)22-4-2-1-3-5-22)30(37)18-21-8-15-28-26(16-21)31(38)27(19-34-28)33(40)41/h1-16,19,29,36H,17-18H2,(H,34,38)(H,35,39)(H,40,41)/t29-/m0/s1. The Balaban J connectivity index is 1.39. The van der Waals surface area contributed by atoms with E-state index in [-0.39, 0.29) is 29.8 Å². The van der Waals surface area contributed by atoms with Gasteiger partial charge in [0, 0.05) is 29.1 Å². The molecule has 4 N–H and O–H groups in total. The molecule has 0 aliphatic rings. The van der Waals surface area contributed by atoms with Gasteiger partial charge in [-0.25, -0.2) is 4.79 Å². The second kappa shape index (κ2) is 11.7. The Morgan fingerprint density at radius 3 is 2.15 bits per heavy atom. The number of carboxylic acids is 1. The minimum Gasteiger partial charge on any atom is -0.508 e. The van der Waals surface area contributed by atoms with Gasteiger partial charge in [-0.2, -0.15) is 0 Å². The van der Waals surface area contributed by atoms with Crippen molar-refractivity contribution in [3.8, 4) is 16.9 Å². The number of nitrogens with one attached hydrogen (secondary N) is 2. The van der Waals surface area contributed by atoms with Crippen LogP contribution in [0, 0.1) is 0 Å². The van der Waals surface area contributed by atoms with Gasteiger partial charge < -0.3 is 20.5 Å². The largest absolute Gasteiger partial charge is 0.508 e. The number of phenolic OH excluding ortho intramolecular Hbond substituents is 1. The fourth-order valence-electron chi connectivity index (χ4n) is 4.66. The average molecular weight is 547 g/mol. The number of aromatic nitrogens is 1. The molecule has 0 aliphatic heterocycles. The van der Waals surface area contributed by atoms with Crippen molar-refractivity contribution in [3.05, 3.63) is 136 Å². The fraction of sp³-hybridized carbons (Fsp3) is 0.0909. The predicted molar refractivity (Wildman–Crippen MR) is 155 cm³/mol. The molecule has 0 spiro atoms. The quantitative estimate of drug-likeness (QED) is 0.211. The van der Waals surface area contributed by atoms with Crippen molar-refractivity contribution >= 4 is 28.6 Å². The van der Waals surface area contributed by atoms with Crippen molar-refractivity contribution in [1.29, 1.82) is 0 Å². The molecule has 0 unspecified atom stereocenters. The van der Waals surface area contributed by atoms with Gasteiger partial charge in [-0.1, -0.05) is 60.7 Å². The fourth-order valence-corrected chi connectivity index (χ4v) is 4.66. The van der Waals surface area contributed by atoms with E-state index in [1.165, 1.54) is 18.2 Å². The Kier molecular flexibility index (Phi) is 7.74. The van der Waals surface area contributed by atoms with Crippen LogP contribution in [0.2, 0.25) is 0 Å². The summed E-state index contributed by atoms with van der Waals surface area (Å²) in [7, 11) is 0. The second-order valence-corrected chi connectivity index (χ2v) is 9.70. The number of amides is 1. The van der Waals surface area contributed by atoms with E-state index in [1.807, 2.05) is 42.5 Å². The molecule has 1 aromatic heterocycles. The van der Waals surface area contributed by atoms with Crippen LogP contribution in [-0.2, 0) is 17.6 Å². The molecule has 8 heteroatoms. The monoisotopic (exact) mass is 546 g/mol. The summed E-state index contributed by atoms with van der Waals surface area (Å²) < 4.78 is 0. The molecule has 1 amide bonds. The number of Topliss-reactive ketones (excluding diaryl/α,β-unsaturated/α-hetero) is 1. The third kappa shape index (κ3) is 6.23. The number of aromatic amines is 1. The Bertz CT molecular complexity index is 1790. The summed E-state index contributed by atoms with van der Waals surface area (Å²) in [6, 6.07) is 27.1. The van der Waals surface area contributed by atoms with Gasteiger partial charge in [0.1, 0.15) is 11.3 Å². The van der Waals surface area contributed by atoms with Crippen LogP contribution in [0.3, 0.4) is 0 Å². The first-order chi connectivity index (χ1) is 19.8. The third-order valence-corrected chi connectivity index (χ3v) is 6.88.